The van der Waals surface area contributed by atoms with E-state index in [2.05, 4.69) is 20.6 Å². The molecule has 0 aliphatic heterocycles. The number of rotatable bonds is 7. The number of nitrogens with zero attached hydrogens (tertiary/aromatic N) is 1. The lowest BCUT2D eigenvalue weighted by molar-refractivity contribution is -0.124. The van der Waals surface area contributed by atoms with Gasteiger partial charge in [0.2, 0.25) is 11.8 Å². The summed E-state index contributed by atoms with van der Waals surface area (Å²) in [5, 5.41) is 5.39. The van der Waals surface area contributed by atoms with Gasteiger partial charge in [0.15, 0.2) is 0 Å². The maximum atomic E-state index is 12.1. The number of amides is 2. The zero-order valence-electron chi connectivity index (χ0n) is 15.6. The fraction of sp³-hybridized carbons (Fsp3) is 0.136. The van der Waals surface area contributed by atoms with Crippen LogP contribution in [0.5, 0.6) is 0 Å². The largest absolute Gasteiger partial charge is 0.345 e. The number of hydrogen-bond acceptors (Lipinski definition) is 3. The maximum absolute atomic E-state index is 12.1. The first-order valence-electron chi connectivity index (χ1n) is 9.02. The van der Waals surface area contributed by atoms with E-state index < -0.39 is 0 Å². The summed E-state index contributed by atoms with van der Waals surface area (Å²) in [6.45, 7) is 1.73. The van der Waals surface area contributed by atoms with Crippen molar-refractivity contribution in [3.8, 4) is 11.3 Å². The molecule has 0 radical (unpaired) electrons. The van der Waals surface area contributed by atoms with Gasteiger partial charge in [-0.25, -0.2) is 4.98 Å². The van der Waals surface area contributed by atoms with E-state index in [0.29, 0.717) is 5.82 Å². The summed E-state index contributed by atoms with van der Waals surface area (Å²) < 4.78 is 0. The SMILES string of the molecule is CC(NC(=O)CNC(=O)/C=C/c1ccccc1)c1ncc(-c2ccccc2)[nH]1. The van der Waals surface area contributed by atoms with Crippen LogP contribution < -0.4 is 10.6 Å². The Morgan fingerprint density at radius 3 is 2.46 bits per heavy atom. The number of hydrogen-bond donors (Lipinski definition) is 3. The standard InChI is InChI=1S/C22H22N4O2/c1-16(22-24-14-19(26-22)18-10-6-3-7-11-18)25-21(28)15-23-20(27)13-12-17-8-4-2-5-9-17/h2-14,16H,15H2,1H3,(H,23,27)(H,24,26)(H,25,28)/b13-12+. The quantitative estimate of drug-likeness (QED) is 0.556. The highest BCUT2D eigenvalue weighted by Gasteiger charge is 2.13. The minimum Gasteiger partial charge on any atom is -0.345 e. The summed E-state index contributed by atoms with van der Waals surface area (Å²) in [7, 11) is 0. The van der Waals surface area contributed by atoms with Gasteiger partial charge in [-0.15, -0.1) is 0 Å². The number of benzene rings is 2. The van der Waals surface area contributed by atoms with Crippen LogP contribution in [0.1, 0.15) is 24.4 Å². The molecule has 0 bridgehead atoms. The lowest BCUT2D eigenvalue weighted by Crippen LogP contribution is -2.37. The van der Waals surface area contributed by atoms with Crippen molar-refractivity contribution in [3.05, 3.63) is 84.3 Å². The van der Waals surface area contributed by atoms with Gasteiger partial charge < -0.3 is 15.6 Å². The van der Waals surface area contributed by atoms with Crippen molar-refractivity contribution in [1.82, 2.24) is 20.6 Å². The van der Waals surface area contributed by atoms with E-state index in [0.717, 1.165) is 16.8 Å². The van der Waals surface area contributed by atoms with Crippen LogP contribution in [-0.2, 0) is 9.59 Å². The van der Waals surface area contributed by atoms with Crippen molar-refractivity contribution in [2.45, 2.75) is 13.0 Å². The average molecular weight is 374 g/mol. The number of H-pyrrole nitrogens is 1. The molecule has 6 nitrogen and oxygen atoms in total. The van der Waals surface area contributed by atoms with Gasteiger partial charge in [-0.3, -0.25) is 9.59 Å². The molecule has 142 valence electrons. The van der Waals surface area contributed by atoms with Gasteiger partial charge in [0, 0.05) is 6.08 Å². The topological polar surface area (TPSA) is 86.9 Å². The number of carbonyl (C=O) groups is 2. The first-order chi connectivity index (χ1) is 13.6. The van der Waals surface area contributed by atoms with Crippen molar-refractivity contribution in [2.24, 2.45) is 0 Å². The van der Waals surface area contributed by atoms with E-state index in [4.69, 9.17) is 0 Å². The van der Waals surface area contributed by atoms with E-state index in [9.17, 15) is 9.59 Å². The molecule has 0 saturated carbocycles. The third-order valence-corrected chi connectivity index (χ3v) is 4.12. The molecule has 0 saturated heterocycles. The fourth-order valence-electron chi connectivity index (χ4n) is 2.64. The lowest BCUT2D eigenvalue weighted by Gasteiger charge is -2.11. The van der Waals surface area contributed by atoms with E-state index in [1.807, 2.05) is 67.6 Å². The van der Waals surface area contributed by atoms with Crippen LogP contribution in [0, 0.1) is 0 Å². The maximum Gasteiger partial charge on any atom is 0.244 e. The van der Waals surface area contributed by atoms with Crippen LogP contribution in [0.4, 0.5) is 0 Å². The minimum atomic E-state index is -0.323. The molecule has 0 fully saturated rings. The second kappa shape index (κ2) is 9.32. The lowest BCUT2D eigenvalue weighted by atomic mass is 10.2. The molecular weight excluding hydrogens is 352 g/mol. The Kier molecular flexibility index (Phi) is 6.36. The summed E-state index contributed by atoms with van der Waals surface area (Å²) in [6, 6.07) is 19.0. The fourth-order valence-corrected chi connectivity index (χ4v) is 2.64. The van der Waals surface area contributed by atoms with Crippen LogP contribution in [-0.4, -0.2) is 28.3 Å². The van der Waals surface area contributed by atoms with Gasteiger partial charge in [0.1, 0.15) is 5.82 Å². The number of imidazole rings is 1. The molecule has 3 aromatic rings. The van der Waals surface area contributed by atoms with Crippen molar-refractivity contribution < 1.29 is 9.59 Å². The Bertz CT molecular complexity index is 949. The Morgan fingerprint density at radius 1 is 1.07 bits per heavy atom. The predicted molar refractivity (Wildman–Crippen MR) is 109 cm³/mol. The summed E-state index contributed by atoms with van der Waals surface area (Å²) in [5.74, 6) is 0.0464. The van der Waals surface area contributed by atoms with Crippen LogP contribution in [0.3, 0.4) is 0 Å². The summed E-state index contributed by atoms with van der Waals surface area (Å²) in [5.41, 5.74) is 2.83. The molecule has 0 aliphatic rings. The first kappa shape index (κ1) is 19.1. The third kappa shape index (κ3) is 5.41. The van der Waals surface area contributed by atoms with Gasteiger partial charge in [-0.05, 0) is 24.1 Å². The van der Waals surface area contributed by atoms with Crippen LogP contribution in [0.25, 0.3) is 17.3 Å². The Hall–Kier alpha value is -3.67. The molecular formula is C22H22N4O2. The highest BCUT2D eigenvalue weighted by atomic mass is 16.2. The van der Waals surface area contributed by atoms with Crippen molar-refractivity contribution >= 4 is 17.9 Å². The van der Waals surface area contributed by atoms with Crippen LogP contribution >= 0.6 is 0 Å². The van der Waals surface area contributed by atoms with Gasteiger partial charge in [0.25, 0.3) is 0 Å². The smallest absolute Gasteiger partial charge is 0.244 e. The molecule has 3 rings (SSSR count). The van der Waals surface area contributed by atoms with E-state index >= 15 is 0 Å². The van der Waals surface area contributed by atoms with Crippen molar-refractivity contribution in [1.29, 1.82) is 0 Å². The zero-order chi connectivity index (χ0) is 19.8. The summed E-state index contributed by atoms with van der Waals surface area (Å²) >= 11 is 0. The number of nitrogens with one attached hydrogen (secondary N) is 3. The van der Waals surface area contributed by atoms with E-state index in [1.165, 1.54) is 6.08 Å². The van der Waals surface area contributed by atoms with Gasteiger partial charge in [0.05, 0.1) is 24.5 Å². The Labute approximate surface area is 163 Å². The average Bonchev–Trinajstić information content (AvgIpc) is 3.23. The van der Waals surface area contributed by atoms with Gasteiger partial charge >= 0.3 is 0 Å². The predicted octanol–water partition coefficient (Wildman–Crippen LogP) is 3.08. The monoisotopic (exact) mass is 374 g/mol. The molecule has 28 heavy (non-hydrogen) atoms. The summed E-state index contributed by atoms with van der Waals surface area (Å²) in [6.07, 6.45) is 4.85. The molecule has 0 aliphatic carbocycles. The summed E-state index contributed by atoms with van der Waals surface area (Å²) in [4.78, 5) is 31.5. The second-order valence-corrected chi connectivity index (χ2v) is 6.30. The third-order valence-electron chi connectivity index (χ3n) is 4.12. The van der Waals surface area contributed by atoms with Crippen molar-refractivity contribution in [2.75, 3.05) is 6.54 Å². The number of aromatic nitrogens is 2. The van der Waals surface area contributed by atoms with Crippen LogP contribution in [0.2, 0.25) is 0 Å². The molecule has 0 spiro atoms. The number of carbonyl (C=O) groups excluding carboxylic acids is 2. The molecule has 2 aromatic carbocycles. The second-order valence-electron chi connectivity index (χ2n) is 6.30. The zero-order valence-corrected chi connectivity index (χ0v) is 15.6. The molecule has 2 amide bonds. The molecule has 6 heteroatoms. The first-order valence-corrected chi connectivity index (χ1v) is 9.02. The molecule has 3 N–H and O–H groups in total. The van der Waals surface area contributed by atoms with Crippen LogP contribution in [0.15, 0.2) is 72.9 Å². The number of aromatic amines is 1. The van der Waals surface area contributed by atoms with E-state index in [-0.39, 0.29) is 24.4 Å². The van der Waals surface area contributed by atoms with Gasteiger partial charge in [-0.1, -0.05) is 60.7 Å². The highest BCUT2D eigenvalue weighted by molar-refractivity contribution is 5.94. The highest BCUT2D eigenvalue weighted by Crippen LogP contribution is 2.18. The normalized spacial score (nSPS) is 11.9. The minimum absolute atomic E-state index is 0.103. The Balaban J connectivity index is 1.47. The molecule has 1 unspecified atom stereocenters. The van der Waals surface area contributed by atoms with Crippen molar-refractivity contribution in [3.63, 3.8) is 0 Å². The van der Waals surface area contributed by atoms with Gasteiger partial charge in [-0.2, -0.15) is 0 Å². The van der Waals surface area contributed by atoms with E-state index in [1.54, 1.807) is 12.3 Å². The molecule has 1 heterocycles. The molecule has 1 atom stereocenters. The Morgan fingerprint density at radius 2 is 1.75 bits per heavy atom. The molecule has 1 aromatic heterocycles.